The summed E-state index contributed by atoms with van der Waals surface area (Å²) in [5.41, 5.74) is 4.88. The SMILES string of the molecule is Cc1ncsc1-c1ccc(CNC(=O)C2CCCN2C(=O)C(NC(=O)COCCOCCOCCOc2ccc(N(C)C(C)(C)C)cc2F)C(C)(C)C)cc1. The summed E-state index contributed by atoms with van der Waals surface area (Å²) in [5, 5.41) is 5.84. The lowest BCUT2D eigenvalue weighted by Crippen LogP contribution is -2.58. The highest BCUT2D eigenvalue weighted by molar-refractivity contribution is 7.13. The van der Waals surface area contributed by atoms with Crippen molar-refractivity contribution in [2.24, 2.45) is 5.41 Å². The number of aromatic nitrogens is 1. The van der Waals surface area contributed by atoms with Gasteiger partial charge in [-0.05, 0) is 69.2 Å². The van der Waals surface area contributed by atoms with Crippen LogP contribution in [0.5, 0.6) is 5.75 Å². The van der Waals surface area contributed by atoms with Gasteiger partial charge in [0.05, 0.1) is 49.1 Å². The monoisotopic (exact) mass is 783 g/mol. The van der Waals surface area contributed by atoms with E-state index in [-0.39, 0.29) is 56.1 Å². The third-order valence-electron chi connectivity index (χ3n) is 9.46. The molecule has 55 heavy (non-hydrogen) atoms. The van der Waals surface area contributed by atoms with Crippen LogP contribution in [0.4, 0.5) is 10.1 Å². The molecule has 302 valence electrons. The molecule has 3 amide bonds. The van der Waals surface area contributed by atoms with Gasteiger partial charge in [-0.15, -0.1) is 11.3 Å². The van der Waals surface area contributed by atoms with Gasteiger partial charge in [0.25, 0.3) is 0 Å². The van der Waals surface area contributed by atoms with E-state index in [1.54, 1.807) is 22.3 Å². The molecule has 0 radical (unpaired) electrons. The zero-order valence-electron chi connectivity index (χ0n) is 33.5. The van der Waals surface area contributed by atoms with Gasteiger partial charge in [-0.25, -0.2) is 9.37 Å². The number of nitrogens with zero attached hydrogens (tertiary/aromatic N) is 3. The van der Waals surface area contributed by atoms with E-state index in [1.165, 1.54) is 6.07 Å². The molecule has 1 aromatic heterocycles. The number of amides is 3. The highest BCUT2D eigenvalue weighted by Crippen LogP contribution is 2.29. The standard InChI is InChI=1S/C41H58FN5O7S/c1-28-36(55-27-44-28)30-13-11-29(12-14-30)25-43-38(49)33-10-9-17-47(33)39(50)37(40(2,3)4)45-35(48)26-53-21-20-51-18-19-52-22-23-54-34-16-15-31(24-32(34)42)46(8)41(5,6)7/h11-16,24,27,33,37H,9-10,17-23,25-26H2,1-8H3,(H,43,49)(H,45,48). The first-order chi connectivity index (χ1) is 26.1. The molecule has 0 bridgehead atoms. The van der Waals surface area contributed by atoms with E-state index in [2.05, 4.69) is 36.4 Å². The van der Waals surface area contributed by atoms with Crippen molar-refractivity contribution in [3.8, 4) is 16.2 Å². The van der Waals surface area contributed by atoms with E-state index in [9.17, 15) is 18.8 Å². The maximum atomic E-state index is 14.5. The quantitative estimate of drug-likeness (QED) is 0.146. The zero-order valence-corrected chi connectivity index (χ0v) is 34.4. The number of carbonyl (C=O) groups excluding carboxylic acids is 3. The lowest BCUT2D eigenvalue weighted by molar-refractivity contribution is -0.144. The van der Waals surface area contributed by atoms with Crippen LogP contribution >= 0.6 is 11.3 Å². The molecular weight excluding hydrogens is 726 g/mol. The molecule has 2 atom stereocenters. The average molecular weight is 784 g/mol. The first-order valence-electron chi connectivity index (χ1n) is 18.8. The zero-order chi connectivity index (χ0) is 40.2. The second-order valence-electron chi connectivity index (χ2n) is 15.7. The Bertz CT molecular complexity index is 1710. The normalized spacial score (nSPS) is 15.1. The molecule has 2 heterocycles. The largest absolute Gasteiger partial charge is 0.488 e. The maximum absolute atomic E-state index is 14.5. The maximum Gasteiger partial charge on any atom is 0.246 e. The molecule has 3 aromatic rings. The summed E-state index contributed by atoms with van der Waals surface area (Å²) in [6, 6.07) is 11.5. The van der Waals surface area contributed by atoms with Gasteiger partial charge in [-0.1, -0.05) is 45.0 Å². The van der Waals surface area contributed by atoms with Crippen molar-refractivity contribution in [3.05, 3.63) is 65.0 Å². The highest BCUT2D eigenvalue weighted by Gasteiger charge is 2.41. The first kappa shape index (κ1) is 43.6. The Morgan fingerprint density at radius 1 is 0.964 bits per heavy atom. The lowest BCUT2D eigenvalue weighted by Gasteiger charge is -2.35. The van der Waals surface area contributed by atoms with Gasteiger partial charge in [0, 0.05) is 37.4 Å². The van der Waals surface area contributed by atoms with Gasteiger partial charge in [0.2, 0.25) is 17.7 Å². The topological polar surface area (TPSA) is 132 Å². The Morgan fingerprint density at radius 3 is 2.22 bits per heavy atom. The van der Waals surface area contributed by atoms with E-state index in [1.807, 2.05) is 75.5 Å². The van der Waals surface area contributed by atoms with Crippen LogP contribution in [-0.2, 0) is 35.1 Å². The summed E-state index contributed by atoms with van der Waals surface area (Å²) in [5.74, 6) is -1.19. The minimum Gasteiger partial charge on any atom is -0.488 e. The van der Waals surface area contributed by atoms with Gasteiger partial charge in [0.15, 0.2) is 11.6 Å². The molecule has 2 unspecified atom stereocenters. The molecule has 0 saturated carbocycles. The number of halogens is 1. The molecule has 4 rings (SSSR count). The molecule has 0 spiro atoms. The van der Waals surface area contributed by atoms with Crippen LogP contribution in [0, 0.1) is 18.2 Å². The number of ether oxygens (including phenoxy) is 4. The number of rotatable bonds is 19. The van der Waals surface area contributed by atoms with E-state index in [4.69, 9.17) is 18.9 Å². The fourth-order valence-corrected chi connectivity index (χ4v) is 6.81. The predicted molar refractivity (Wildman–Crippen MR) is 213 cm³/mol. The summed E-state index contributed by atoms with van der Waals surface area (Å²) < 4.78 is 36.6. The molecule has 2 aromatic carbocycles. The molecule has 14 heteroatoms. The number of nitrogens with one attached hydrogen (secondary N) is 2. The summed E-state index contributed by atoms with van der Waals surface area (Å²) in [6.45, 7) is 15.8. The van der Waals surface area contributed by atoms with E-state index in [0.29, 0.717) is 39.1 Å². The van der Waals surface area contributed by atoms with Crippen LogP contribution in [0.2, 0.25) is 0 Å². The molecule has 1 saturated heterocycles. The number of benzene rings is 2. The molecule has 12 nitrogen and oxygen atoms in total. The Kier molecular flexibility index (Phi) is 16.0. The fraction of sp³-hybridized carbons (Fsp3) is 0.561. The van der Waals surface area contributed by atoms with E-state index < -0.39 is 29.2 Å². The van der Waals surface area contributed by atoms with Crippen molar-refractivity contribution < 1.29 is 37.7 Å². The molecule has 1 fully saturated rings. The average Bonchev–Trinajstić information content (AvgIpc) is 3.81. The number of anilines is 1. The van der Waals surface area contributed by atoms with E-state index in [0.717, 1.165) is 27.4 Å². The first-order valence-corrected chi connectivity index (χ1v) is 19.7. The van der Waals surface area contributed by atoms with Crippen LogP contribution < -0.4 is 20.3 Å². The summed E-state index contributed by atoms with van der Waals surface area (Å²) >= 11 is 1.59. The number of hydrogen-bond donors (Lipinski definition) is 2. The molecule has 2 N–H and O–H groups in total. The second kappa shape index (κ2) is 20.2. The minimum atomic E-state index is -0.844. The summed E-state index contributed by atoms with van der Waals surface area (Å²) in [4.78, 5) is 49.0. The Balaban J connectivity index is 1.11. The Labute approximate surface area is 329 Å². The van der Waals surface area contributed by atoms with Gasteiger partial charge in [0.1, 0.15) is 25.3 Å². The number of hydrogen-bond acceptors (Lipinski definition) is 10. The van der Waals surface area contributed by atoms with Crippen LogP contribution in [0.15, 0.2) is 48.0 Å². The van der Waals surface area contributed by atoms with Crippen molar-refractivity contribution in [1.82, 2.24) is 20.5 Å². The predicted octanol–water partition coefficient (Wildman–Crippen LogP) is 5.76. The Hall–Kier alpha value is -4.11. The van der Waals surface area contributed by atoms with Crippen LogP contribution in [0.1, 0.15) is 65.6 Å². The molecule has 1 aliphatic heterocycles. The fourth-order valence-electron chi connectivity index (χ4n) is 6.00. The lowest BCUT2D eigenvalue weighted by atomic mass is 9.85. The van der Waals surface area contributed by atoms with Crippen LogP contribution in [0.3, 0.4) is 0 Å². The third-order valence-corrected chi connectivity index (χ3v) is 10.4. The van der Waals surface area contributed by atoms with E-state index >= 15 is 0 Å². The highest BCUT2D eigenvalue weighted by atomic mass is 32.1. The number of aryl methyl sites for hydroxylation is 1. The van der Waals surface area contributed by atoms with Crippen LogP contribution in [0.25, 0.3) is 10.4 Å². The summed E-state index contributed by atoms with van der Waals surface area (Å²) in [6.07, 6.45) is 1.25. The van der Waals surface area contributed by atoms with Crippen molar-refractivity contribution in [2.75, 3.05) is 64.7 Å². The van der Waals surface area contributed by atoms with Gasteiger partial charge >= 0.3 is 0 Å². The molecule has 1 aliphatic rings. The second-order valence-corrected chi connectivity index (χ2v) is 16.6. The number of carbonyl (C=O) groups is 3. The van der Waals surface area contributed by atoms with Crippen molar-refractivity contribution in [3.63, 3.8) is 0 Å². The molecular formula is C41H58FN5O7S. The minimum absolute atomic E-state index is 0.137. The number of thiazole rings is 1. The van der Waals surface area contributed by atoms with Gasteiger partial charge in [-0.2, -0.15) is 0 Å². The smallest absolute Gasteiger partial charge is 0.246 e. The third kappa shape index (κ3) is 13.0. The molecule has 0 aliphatic carbocycles. The van der Waals surface area contributed by atoms with Crippen molar-refractivity contribution in [2.45, 2.75) is 85.5 Å². The van der Waals surface area contributed by atoms with Crippen molar-refractivity contribution in [1.29, 1.82) is 0 Å². The van der Waals surface area contributed by atoms with Gasteiger partial charge in [-0.3, -0.25) is 14.4 Å². The number of likely N-dealkylation sites (tertiary alicyclic amines) is 1. The van der Waals surface area contributed by atoms with Crippen LogP contribution in [-0.4, -0.2) is 105 Å². The van der Waals surface area contributed by atoms with Gasteiger partial charge < -0.3 is 39.4 Å². The Morgan fingerprint density at radius 2 is 1.62 bits per heavy atom. The van der Waals surface area contributed by atoms with Crippen molar-refractivity contribution >= 4 is 34.7 Å². The summed E-state index contributed by atoms with van der Waals surface area (Å²) in [7, 11) is 1.92.